The number of carboxylic acid groups (broad SMARTS) is 1. The summed E-state index contributed by atoms with van der Waals surface area (Å²) in [7, 11) is 1.50. The molecule has 6 heteroatoms. The first-order chi connectivity index (χ1) is 8.06. The van der Waals surface area contributed by atoms with Gasteiger partial charge in [0.25, 0.3) is 0 Å². The molecular formula is C11H15ClN2O3. The fraction of sp³-hybridized carbons (Fsp3) is 0.636. The van der Waals surface area contributed by atoms with Crippen LogP contribution in [0.3, 0.4) is 0 Å². The largest absolute Gasteiger partial charge is 0.478 e. The molecular weight excluding hydrogens is 244 g/mol. The van der Waals surface area contributed by atoms with E-state index in [0.29, 0.717) is 11.6 Å². The Balaban J connectivity index is 2.39. The Morgan fingerprint density at radius 2 is 2.35 bits per heavy atom. The molecule has 1 saturated carbocycles. The minimum atomic E-state index is -1.06. The monoisotopic (exact) mass is 258 g/mol. The molecule has 0 radical (unpaired) electrons. The zero-order valence-corrected chi connectivity index (χ0v) is 10.6. The minimum Gasteiger partial charge on any atom is -0.478 e. The first-order valence-corrected chi connectivity index (χ1v) is 5.93. The Morgan fingerprint density at radius 3 is 2.82 bits per heavy atom. The molecule has 0 saturated heterocycles. The van der Waals surface area contributed by atoms with Crippen LogP contribution in [-0.4, -0.2) is 28.0 Å². The van der Waals surface area contributed by atoms with Gasteiger partial charge >= 0.3 is 5.97 Å². The minimum absolute atomic E-state index is 0.0565. The lowest BCUT2D eigenvalue weighted by Crippen LogP contribution is -2.09. The molecule has 0 aliphatic heterocycles. The average molecular weight is 259 g/mol. The fourth-order valence-corrected chi connectivity index (χ4v) is 2.34. The third-order valence-corrected chi connectivity index (χ3v) is 3.47. The molecule has 1 aliphatic rings. The van der Waals surface area contributed by atoms with Crippen molar-refractivity contribution in [3.63, 3.8) is 0 Å². The summed E-state index contributed by atoms with van der Waals surface area (Å²) in [6.07, 6.45) is 2.30. The quantitative estimate of drug-likeness (QED) is 0.881. The normalized spacial score (nSPS) is 17.1. The van der Waals surface area contributed by atoms with E-state index in [1.807, 2.05) is 6.92 Å². The SMILES string of the molecule is COCc1nn(C(C)C2CC2)c(Cl)c1C(=O)O. The maximum Gasteiger partial charge on any atom is 0.340 e. The Hall–Kier alpha value is -1.07. The van der Waals surface area contributed by atoms with E-state index in [4.69, 9.17) is 21.4 Å². The second-order valence-corrected chi connectivity index (χ2v) is 4.73. The van der Waals surface area contributed by atoms with E-state index in [2.05, 4.69) is 5.10 Å². The molecule has 5 nitrogen and oxygen atoms in total. The van der Waals surface area contributed by atoms with Crippen LogP contribution in [0.4, 0.5) is 0 Å². The van der Waals surface area contributed by atoms with E-state index in [1.165, 1.54) is 7.11 Å². The number of aromatic nitrogens is 2. The highest BCUT2D eigenvalue weighted by Gasteiger charge is 2.33. The van der Waals surface area contributed by atoms with Crippen molar-refractivity contribution in [2.75, 3.05) is 7.11 Å². The topological polar surface area (TPSA) is 64.4 Å². The van der Waals surface area contributed by atoms with Crippen molar-refractivity contribution in [3.8, 4) is 0 Å². The van der Waals surface area contributed by atoms with E-state index < -0.39 is 5.97 Å². The van der Waals surface area contributed by atoms with Gasteiger partial charge in [-0.15, -0.1) is 0 Å². The molecule has 0 spiro atoms. The third-order valence-electron chi connectivity index (χ3n) is 3.11. The van der Waals surface area contributed by atoms with E-state index in [0.717, 1.165) is 12.8 Å². The number of ether oxygens (including phenoxy) is 1. The summed E-state index contributed by atoms with van der Waals surface area (Å²) in [6.45, 7) is 2.17. The van der Waals surface area contributed by atoms with Gasteiger partial charge in [0, 0.05) is 7.11 Å². The molecule has 1 fully saturated rings. The molecule has 17 heavy (non-hydrogen) atoms. The number of hydrogen-bond donors (Lipinski definition) is 1. The molecule has 1 aliphatic carbocycles. The molecule has 1 aromatic heterocycles. The molecule has 1 heterocycles. The molecule has 2 rings (SSSR count). The van der Waals surface area contributed by atoms with Crippen molar-refractivity contribution >= 4 is 17.6 Å². The third kappa shape index (κ3) is 2.30. The lowest BCUT2D eigenvalue weighted by atomic mass is 10.2. The number of halogens is 1. The van der Waals surface area contributed by atoms with Gasteiger partial charge in [-0.2, -0.15) is 5.10 Å². The van der Waals surface area contributed by atoms with E-state index >= 15 is 0 Å². The molecule has 1 aromatic rings. The summed E-state index contributed by atoms with van der Waals surface area (Å²) in [5.41, 5.74) is 0.443. The highest BCUT2D eigenvalue weighted by molar-refractivity contribution is 6.32. The van der Waals surface area contributed by atoms with Crippen molar-refractivity contribution < 1.29 is 14.6 Å². The zero-order chi connectivity index (χ0) is 12.6. The molecule has 0 amide bonds. The second-order valence-electron chi connectivity index (χ2n) is 4.37. The number of carboxylic acids is 1. The van der Waals surface area contributed by atoms with Crippen LogP contribution in [0.15, 0.2) is 0 Å². The number of carbonyl (C=O) groups is 1. The zero-order valence-electron chi connectivity index (χ0n) is 9.81. The van der Waals surface area contributed by atoms with Crippen molar-refractivity contribution in [3.05, 3.63) is 16.4 Å². The molecule has 1 unspecified atom stereocenters. The number of methoxy groups -OCH3 is 1. The van der Waals surface area contributed by atoms with Crippen molar-refractivity contribution in [1.29, 1.82) is 0 Å². The first-order valence-electron chi connectivity index (χ1n) is 5.55. The summed E-state index contributed by atoms with van der Waals surface area (Å²) in [5.74, 6) is -0.499. The Kier molecular flexibility index (Phi) is 3.40. The standard InChI is InChI=1S/C11H15ClN2O3/c1-6(7-3-4-7)14-10(12)9(11(15)16)8(13-14)5-17-2/h6-7H,3-5H2,1-2H3,(H,15,16). The molecule has 1 N–H and O–H groups in total. The van der Waals surface area contributed by atoms with Gasteiger partial charge in [-0.3, -0.25) is 0 Å². The van der Waals surface area contributed by atoms with Crippen molar-refractivity contribution in [2.45, 2.75) is 32.4 Å². The van der Waals surface area contributed by atoms with Gasteiger partial charge in [-0.25, -0.2) is 9.48 Å². The summed E-state index contributed by atoms with van der Waals surface area (Å²) >= 11 is 6.09. The Bertz CT molecular complexity index is 440. The molecule has 94 valence electrons. The van der Waals surface area contributed by atoms with Crippen molar-refractivity contribution in [2.24, 2.45) is 5.92 Å². The van der Waals surface area contributed by atoms with E-state index in [-0.39, 0.29) is 23.4 Å². The van der Waals surface area contributed by atoms with Crippen LogP contribution in [0, 0.1) is 5.92 Å². The van der Waals surface area contributed by atoms with Gasteiger partial charge in [-0.05, 0) is 25.7 Å². The molecule has 1 atom stereocenters. The van der Waals surface area contributed by atoms with Gasteiger partial charge in [0.15, 0.2) is 0 Å². The predicted octanol–water partition coefficient (Wildman–Crippen LogP) is 2.35. The van der Waals surface area contributed by atoms with Gasteiger partial charge in [0.1, 0.15) is 16.4 Å². The van der Waals surface area contributed by atoms with Crippen LogP contribution >= 0.6 is 11.6 Å². The maximum atomic E-state index is 11.1. The summed E-state index contributed by atoms with van der Waals surface area (Å²) in [4.78, 5) is 11.1. The number of aromatic carboxylic acids is 1. The van der Waals surface area contributed by atoms with Crippen LogP contribution in [0.2, 0.25) is 5.15 Å². The van der Waals surface area contributed by atoms with Crippen LogP contribution in [0.25, 0.3) is 0 Å². The Morgan fingerprint density at radius 1 is 1.71 bits per heavy atom. The van der Waals surface area contributed by atoms with Crippen molar-refractivity contribution in [1.82, 2.24) is 9.78 Å². The average Bonchev–Trinajstić information content (AvgIpc) is 3.03. The fourth-order valence-electron chi connectivity index (χ4n) is 1.96. The van der Waals surface area contributed by atoms with E-state index in [9.17, 15) is 4.79 Å². The lowest BCUT2D eigenvalue weighted by Gasteiger charge is -2.11. The summed E-state index contributed by atoms with van der Waals surface area (Å²) < 4.78 is 6.55. The lowest BCUT2D eigenvalue weighted by molar-refractivity contribution is 0.0692. The number of rotatable bonds is 5. The van der Waals surface area contributed by atoms with Gasteiger partial charge in [0.2, 0.25) is 0 Å². The van der Waals surface area contributed by atoms with Gasteiger partial charge < -0.3 is 9.84 Å². The van der Waals surface area contributed by atoms with Gasteiger partial charge in [-0.1, -0.05) is 11.6 Å². The van der Waals surface area contributed by atoms with Crippen LogP contribution < -0.4 is 0 Å². The van der Waals surface area contributed by atoms with Crippen LogP contribution in [0.5, 0.6) is 0 Å². The molecule has 0 aromatic carbocycles. The number of nitrogens with zero attached hydrogens (tertiary/aromatic N) is 2. The maximum absolute atomic E-state index is 11.1. The highest BCUT2D eigenvalue weighted by atomic mass is 35.5. The predicted molar refractivity (Wildman–Crippen MR) is 62.3 cm³/mol. The van der Waals surface area contributed by atoms with E-state index in [1.54, 1.807) is 4.68 Å². The van der Waals surface area contributed by atoms with Crippen LogP contribution in [-0.2, 0) is 11.3 Å². The number of hydrogen-bond acceptors (Lipinski definition) is 3. The summed E-state index contributed by atoms with van der Waals surface area (Å²) in [5, 5.41) is 13.6. The highest BCUT2D eigenvalue weighted by Crippen LogP contribution is 2.41. The van der Waals surface area contributed by atoms with Crippen LogP contribution in [0.1, 0.15) is 41.9 Å². The molecule has 0 bridgehead atoms. The van der Waals surface area contributed by atoms with Gasteiger partial charge in [0.05, 0.1) is 12.6 Å². The smallest absolute Gasteiger partial charge is 0.340 e. The Labute approximate surface area is 104 Å². The first kappa shape index (κ1) is 12.4. The second kappa shape index (κ2) is 4.66. The summed E-state index contributed by atoms with van der Waals surface area (Å²) in [6, 6.07) is 0.145.